The molecule has 0 fully saturated rings. The van der Waals surface area contributed by atoms with Gasteiger partial charge in [0.2, 0.25) is 0 Å². The molecule has 0 saturated heterocycles. The number of carbonyl (C=O) groups is 2. The smallest absolute Gasteiger partial charge is 0.163 e. The lowest BCUT2D eigenvalue weighted by Crippen LogP contribution is -2.07. The van der Waals surface area contributed by atoms with Crippen LogP contribution in [-0.2, 0) is 22.4 Å². The summed E-state index contributed by atoms with van der Waals surface area (Å²) in [5.41, 5.74) is 3.88. The van der Waals surface area contributed by atoms with Gasteiger partial charge in [-0.05, 0) is 73.7 Å². The van der Waals surface area contributed by atoms with Crippen molar-refractivity contribution in [3.05, 3.63) is 108 Å². The number of methoxy groups -OCH3 is 1. The van der Waals surface area contributed by atoms with E-state index in [1.54, 1.807) is 25.6 Å². The van der Waals surface area contributed by atoms with Crippen molar-refractivity contribution < 1.29 is 19.1 Å². The Labute approximate surface area is 218 Å². The van der Waals surface area contributed by atoms with E-state index in [4.69, 9.17) is 9.47 Å². The van der Waals surface area contributed by atoms with E-state index in [0.29, 0.717) is 18.8 Å². The Balaban J connectivity index is 1.47. The minimum atomic E-state index is -0.215. The number of allylic oxidation sites excluding steroid dienone is 1. The van der Waals surface area contributed by atoms with E-state index in [9.17, 15) is 9.59 Å². The third-order valence-electron chi connectivity index (χ3n) is 5.65. The molecule has 0 bridgehead atoms. The van der Waals surface area contributed by atoms with Crippen LogP contribution < -0.4 is 9.47 Å². The number of nitrogens with zero attached hydrogens (tertiary/aromatic N) is 1. The van der Waals surface area contributed by atoms with Crippen LogP contribution in [0.5, 0.6) is 11.5 Å². The van der Waals surface area contributed by atoms with Crippen LogP contribution >= 0.6 is 0 Å². The minimum absolute atomic E-state index is 0.104. The molecule has 0 radical (unpaired) electrons. The van der Waals surface area contributed by atoms with Crippen molar-refractivity contribution in [3.8, 4) is 11.5 Å². The van der Waals surface area contributed by atoms with Crippen molar-refractivity contribution in [2.75, 3.05) is 13.7 Å². The highest BCUT2D eigenvalue weighted by Crippen LogP contribution is 2.26. The van der Waals surface area contributed by atoms with Crippen LogP contribution in [0.4, 0.5) is 0 Å². The molecule has 6 nitrogen and oxygen atoms in total. The van der Waals surface area contributed by atoms with Crippen molar-refractivity contribution in [1.29, 1.82) is 0 Å². The highest BCUT2D eigenvalue weighted by molar-refractivity contribution is 6.06. The lowest BCUT2D eigenvalue weighted by atomic mass is 10.0. The minimum Gasteiger partial charge on any atom is -0.496 e. The Morgan fingerprint density at radius 1 is 1.00 bits per heavy atom. The first-order valence-corrected chi connectivity index (χ1v) is 12.4. The van der Waals surface area contributed by atoms with Crippen LogP contribution in [0, 0.1) is 6.92 Å². The van der Waals surface area contributed by atoms with Crippen LogP contribution in [0.25, 0.3) is 6.08 Å². The maximum Gasteiger partial charge on any atom is 0.163 e. The number of carbonyl (C=O) groups excluding carboxylic acids is 2. The number of Topliss-reactive ketones (excluding diaryl/α,β-unsaturated/α-hetero) is 1. The van der Waals surface area contributed by atoms with Crippen molar-refractivity contribution in [1.82, 2.24) is 9.97 Å². The number of nitrogens with one attached hydrogen (secondary N) is 1. The summed E-state index contributed by atoms with van der Waals surface area (Å²) in [6, 6.07) is 19.3. The number of ether oxygens (including phenoxy) is 2. The highest BCUT2D eigenvalue weighted by Gasteiger charge is 2.11. The number of ketones is 2. The molecule has 0 saturated carbocycles. The second-order valence-electron chi connectivity index (χ2n) is 8.68. The van der Waals surface area contributed by atoms with E-state index in [1.807, 2.05) is 73.8 Å². The number of aromatic nitrogens is 2. The van der Waals surface area contributed by atoms with Crippen LogP contribution in [0.3, 0.4) is 0 Å². The predicted molar refractivity (Wildman–Crippen MR) is 146 cm³/mol. The molecule has 37 heavy (non-hydrogen) atoms. The zero-order valence-corrected chi connectivity index (χ0v) is 21.5. The number of rotatable bonds is 13. The molecule has 2 heterocycles. The number of aromatic amines is 1. The first-order chi connectivity index (χ1) is 18.0. The molecule has 192 valence electrons. The van der Waals surface area contributed by atoms with E-state index < -0.39 is 0 Å². The molecule has 0 amide bonds. The lowest BCUT2D eigenvalue weighted by molar-refractivity contribution is -0.124. The zero-order valence-electron chi connectivity index (χ0n) is 21.5. The van der Waals surface area contributed by atoms with Gasteiger partial charge in [-0.3, -0.25) is 14.6 Å². The number of hydrogen-bond donors (Lipinski definition) is 1. The molecule has 0 unspecified atom stereocenters. The molecule has 1 aromatic carbocycles. The van der Waals surface area contributed by atoms with E-state index in [0.717, 1.165) is 41.0 Å². The SMILES string of the molecule is COc1cc(OCCCc2ccccn2)ccc1CCC(=O)CC(=O)/C=C/c1cc[nH]cccc(C)c1. The summed E-state index contributed by atoms with van der Waals surface area (Å²) in [5.74, 6) is 1.07. The Hall–Kier alpha value is -4.19. The van der Waals surface area contributed by atoms with Gasteiger partial charge in [0.05, 0.1) is 20.1 Å². The molecule has 0 aliphatic heterocycles. The van der Waals surface area contributed by atoms with Crippen LogP contribution in [-0.4, -0.2) is 35.3 Å². The van der Waals surface area contributed by atoms with Crippen LogP contribution in [0.2, 0.25) is 0 Å². The van der Waals surface area contributed by atoms with E-state index in [-0.39, 0.29) is 24.4 Å². The van der Waals surface area contributed by atoms with Gasteiger partial charge in [-0.2, -0.15) is 0 Å². The summed E-state index contributed by atoms with van der Waals surface area (Å²) in [5, 5.41) is 0. The first kappa shape index (κ1) is 27.4. The van der Waals surface area contributed by atoms with Crippen molar-refractivity contribution in [2.24, 2.45) is 0 Å². The molecule has 6 heteroatoms. The molecular formula is C31H34N2O4. The van der Waals surface area contributed by atoms with Gasteiger partial charge < -0.3 is 14.5 Å². The van der Waals surface area contributed by atoms with Crippen molar-refractivity contribution in [3.63, 3.8) is 0 Å². The molecule has 3 rings (SSSR count). The maximum atomic E-state index is 12.5. The van der Waals surface area contributed by atoms with Gasteiger partial charge in [-0.25, -0.2) is 0 Å². The second-order valence-corrected chi connectivity index (χ2v) is 8.68. The number of hydrogen-bond acceptors (Lipinski definition) is 5. The van der Waals surface area contributed by atoms with Gasteiger partial charge in [-0.15, -0.1) is 0 Å². The number of H-pyrrole nitrogens is 1. The van der Waals surface area contributed by atoms with E-state index >= 15 is 0 Å². The van der Waals surface area contributed by atoms with Gasteiger partial charge in [0.1, 0.15) is 17.3 Å². The van der Waals surface area contributed by atoms with Crippen molar-refractivity contribution >= 4 is 17.6 Å². The van der Waals surface area contributed by atoms with Gasteiger partial charge in [0, 0.05) is 36.8 Å². The molecule has 1 N–H and O–H groups in total. The average molecular weight is 499 g/mol. The molecule has 0 aliphatic carbocycles. The summed E-state index contributed by atoms with van der Waals surface area (Å²) in [6.45, 7) is 2.56. The van der Waals surface area contributed by atoms with Crippen LogP contribution in [0.15, 0.2) is 85.3 Å². The number of pyridine rings is 1. The third kappa shape index (κ3) is 10.1. The maximum absolute atomic E-state index is 12.5. The second kappa shape index (κ2) is 15.0. The fourth-order valence-electron chi connectivity index (χ4n) is 3.73. The van der Waals surface area contributed by atoms with Crippen LogP contribution in [0.1, 0.15) is 41.6 Å². The Morgan fingerprint density at radius 2 is 1.89 bits per heavy atom. The summed E-state index contributed by atoms with van der Waals surface area (Å²) < 4.78 is 11.4. The number of aryl methyl sites for hydroxylation is 3. The third-order valence-corrected chi connectivity index (χ3v) is 5.65. The topological polar surface area (TPSA) is 81.3 Å². The summed E-state index contributed by atoms with van der Waals surface area (Å²) in [4.78, 5) is 32.1. The average Bonchev–Trinajstić information content (AvgIpc) is 3.01. The number of benzene rings is 1. The van der Waals surface area contributed by atoms with Gasteiger partial charge in [0.15, 0.2) is 5.78 Å². The molecule has 0 aliphatic rings. The van der Waals surface area contributed by atoms with Gasteiger partial charge in [-0.1, -0.05) is 35.9 Å². The summed E-state index contributed by atoms with van der Waals surface area (Å²) in [6.07, 6.45) is 11.0. The molecular weight excluding hydrogens is 464 g/mol. The summed E-state index contributed by atoms with van der Waals surface area (Å²) >= 11 is 0. The highest BCUT2D eigenvalue weighted by atomic mass is 16.5. The van der Waals surface area contributed by atoms with Crippen molar-refractivity contribution in [2.45, 2.75) is 39.0 Å². The van der Waals surface area contributed by atoms with Gasteiger partial charge >= 0.3 is 0 Å². The fraction of sp³-hybridized carbons (Fsp3) is 0.258. The van der Waals surface area contributed by atoms with E-state index in [2.05, 4.69) is 9.97 Å². The standard InChI is InChI=1S/C31H34N2O4/c1-24-7-5-17-32-19-16-25(21-24)10-13-28(34)22-29(35)14-11-26-12-15-30(23-31(26)36-2)37-20-6-9-27-8-3-4-18-33-27/h3-5,7-8,10,12-13,15-19,21,23,32H,6,9,11,14,20,22H2,1-2H3/b13-10+,17-5?,19-16?,24-7?,25-21?. The Kier molecular flexibility index (Phi) is 11.1. The Bertz CT molecular complexity index is 1250. The molecule has 3 aromatic rings. The zero-order chi connectivity index (χ0) is 26.3. The van der Waals surface area contributed by atoms with E-state index in [1.165, 1.54) is 6.08 Å². The largest absolute Gasteiger partial charge is 0.496 e. The molecule has 0 spiro atoms. The predicted octanol–water partition coefficient (Wildman–Crippen LogP) is 6.04. The molecule has 2 aromatic heterocycles. The lowest BCUT2D eigenvalue weighted by Gasteiger charge is -2.12. The quantitative estimate of drug-likeness (QED) is 0.177. The monoisotopic (exact) mass is 498 g/mol. The fourth-order valence-corrected chi connectivity index (χ4v) is 3.73. The first-order valence-electron chi connectivity index (χ1n) is 12.4. The normalized spacial score (nSPS) is 10.6. The molecule has 0 atom stereocenters. The summed E-state index contributed by atoms with van der Waals surface area (Å²) in [7, 11) is 1.60. The Morgan fingerprint density at radius 3 is 2.70 bits per heavy atom. The van der Waals surface area contributed by atoms with Gasteiger partial charge in [0.25, 0.3) is 0 Å².